The molecule has 1 saturated carbocycles. The zero-order valence-corrected chi connectivity index (χ0v) is 15.6. The van der Waals surface area contributed by atoms with E-state index in [9.17, 15) is 8.42 Å². The number of nitrogens with zero attached hydrogens (tertiary/aromatic N) is 1. The predicted octanol–water partition coefficient (Wildman–Crippen LogP) is 2.53. The van der Waals surface area contributed by atoms with Crippen LogP contribution in [0.15, 0.2) is 23.1 Å². The molecule has 1 aromatic rings. The van der Waals surface area contributed by atoms with Crippen molar-refractivity contribution < 1.29 is 13.2 Å². The van der Waals surface area contributed by atoms with Gasteiger partial charge in [-0.2, -0.15) is 4.31 Å². The Morgan fingerprint density at radius 1 is 1.25 bits per heavy atom. The van der Waals surface area contributed by atoms with E-state index >= 15 is 0 Å². The number of ether oxygens (including phenoxy) is 1. The minimum Gasteiger partial charge on any atom is -0.491 e. The summed E-state index contributed by atoms with van der Waals surface area (Å²) in [6.07, 6.45) is 3.27. The van der Waals surface area contributed by atoms with Crippen molar-refractivity contribution in [2.75, 3.05) is 13.1 Å². The fraction of sp³-hybridized carbons (Fsp3) is 0.667. The lowest BCUT2D eigenvalue weighted by atomic mass is 9.78. The number of hydrogen-bond acceptors (Lipinski definition) is 4. The first-order valence-corrected chi connectivity index (χ1v) is 10.3. The van der Waals surface area contributed by atoms with Gasteiger partial charge >= 0.3 is 0 Å². The van der Waals surface area contributed by atoms with Gasteiger partial charge in [-0.1, -0.05) is 6.42 Å². The smallest absolute Gasteiger partial charge is 0.243 e. The number of sulfonamides is 1. The quantitative estimate of drug-likeness (QED) is 0.904. The van der Waals surface area contributed by atoms with Gasteiger partial charge in [-0.25, -0.2) is 8.42 Å². The van der Waals surface area contributed by atoms with Gasteiger partial charge in [-0.3, -0.25) is 0 Å². The average Bonchev–Trinajstić information content (AvgIpc) is 2.95. The molecule has 24 heavy (non-hydrogen) atoms. The van der Waals surface area contributed by atoms with Gasteiger partial charge in [0.25, 0.3) is 0 Å². The monoisotopic (exact) mass is 352 g/mol. The van der Waals surface area contributed by atoms with Crippen LogP contribution < -0.4 is 10.5 Å². The predicted molar refractivity (Wildman–Crippen MR) is 94.5 cm³/mol. The maximum absolute atomic E-state index is 13.0. The van der Waals surface area contributed by atoms with E-state index in [2.05, 4.69) is 0 Å². The molecule has 3 unspecified atom stereocenters. The molecule has 1 heterocycles. The average molecular weight is 353 g/mol. The normalized spacial score (nSPS) is 28.1. The number of rotatable bonds is 4. The third kappa shape index (κ3) is 3.32. The van der Waals surface area contributed by atoms with Crippen LogP contribution in [0.25, 0.3) is 0 Å². The summed E-state index contributed by atoms with van der Waals surface area (Å²) >= 11 is 0. The Balaban J connectivity index is 1.82. The summed E-state index contributed by atoms with van der Waals surface area (Å²) in [6.45, 7) is 6.95. The minimum atomic E-state index is -3.47. The van der Waals surface area contributed by atoms with Crippen LogP contribution in [0.5, 0.6) is 5.75 Å². The van der Waals surface area contributed by atoms with Gasteiger partial charge in [0.05, 0.1) is 11.0 Å². The summed E-state index contributed by atoms with van der Waals surface area (Å²) in [5.74, 6) is 1.45. The van der Waals surface area contributed by atoms with E-state index in [1.807, 2.05) is 20.8 Å². The van der Waals surface area contributed by atoms with Crippen LogP contribution in [0, 0.1) is 18.8 Å². The second-order valence-electron chi connectivity index (χ2n) is 7.43. The molecular weight excluding hydrogens is 324 g/mol. The molecule has 1 saturated heterocycles. The first-order valence-electron chi connectivity index (χ1n) is 8.82. The molecule has 6 heteroatoms. The summed E-state index contributed by atoms with van der Waals surface area (Å²) in [7, 11) is -3.47. The molecule has 1 aromatic carbocycles. The summed E-state index contributed by atoms with van der Waals surface area (Å²) in [5, 5.41) is 0. The highest BCUT2D eigenvalue weighted by Gasteiger charge is 2.43. The molecule has 1 aliphatic heterocycles. The summed E-state index contributed by atoms with van der Waals surface area (Å²) in [4.78, 5) is 0.350. The van der Waals surface area contributed by atoms with Crippen molar-refractivity contribution in [1.82, 2.24) is 4.31 Å². The molecule has 0 spiro atoms. The molecule has 2 fully saturated rings. The SMILES string of the molecule is Cc1cc(S(=O)(=O)N2CC3CCCC(N)C3C2)ccc1OC(C)C. The molecule has 3 atom stereocenters. The Morgan fingerprint density at radius 3 is 2.62 bits per heavy atom. The Morgan fingerprint density at radius 2 is 2.00 bits per heavy atom. The standard InChI is InChI=1S/C18H28N2O3S/c1-12(2)23-18-8-7-15(9-13(18)3)24(21,22)20-10-14-5-4-6-17(19)16(14)11-20/h7-9,12,14,16-17H,4-6,10-11,19H2,1-3H3. The second kappa shape index (κ2) is 6.65. The van der Waals surface area contributed by atoms with Gasteiger partial charge in [-0.15, -0.1) is 0 Å². The number of fused-ring (bicyclic) bond motifs is 1. The van der Waals surface area contributed by atoms with Crippen molar-refractivity contribution in [3.05, 3.63) is 23.8 Å². The van der Waals surface area contributed by atoms with Crippen LogP contribution in [-0.4, -0.2) is 38.0 Å². The number of nitrogens with two attached hydrogens (primary N) is 1. The molecule has 0 aromatic heterocycles. The van der Waals surface area contributed by atoms with Crippen LogP contribution in [0.1, 0.15) is 38.7 Å². The van der Waals surface area contributed by atoms with E-state index in [1.54, 1.807) is 22.5 Å². The molecule has 5 nitrogen and oxygen atoms in total. The number of aryl methyl sites for hydroxylation is 1. The Kier molecular flexibility index (Phi) is 4.91. The van der Waals surface area contributed by atoms with E-state index in [0.29, 0.717) is 29.8 Å². The van der Waals surface area contributed by atoms with Crippen molar-refractivity contribution in [3.8, 4) is 5.75 Å². The molecule has 134 valence electrons. The van der Waals surface area contributed by atoms with Gasteiger partial charge in [0.1, 0.15) is 5.75 Å². The van der Waals surface area contributed by atoms with Crippen LogP contribution in [0.4, 0.5) is 0 Å². The zero-order valence-electron chi connectivity index (χ0n) is 14.7. The van der Waals surface area contributed by atoms with E-state index < -0.39 is 10.0 Å². The van der Waals surface area contributed by atoms with Gasteiger partial charge in [0.15, 0.2) is 0 Å². The Hall–Kier alpha value is -1.11. The first-order chi connectivity index (χ1) is 11.3. The largest absolute Gasteiger partial charge is 0.491 e. The molecule has 0 radical (unpaired) electrons. The van der Waals surface area contributed by atoms with Crippen molar-refractivity contribution in [3.63, 3.8) is 0 Å². The first kappa shape index (κ1) is 17.7. The van der Waals surface area contributed by atoms with Gasteiger partial charge in [-0.05, 0) is 69.2 Å². The highest BCUT2D eigenvalue weighted by atomic mass is 32.2. The molecule has 2 aliphatic rings. The molecule has 1 aliphatic carbocycles. The number of hydrogen-bond donors (Lipinski definition) is 1. The minimum absolute atomic E-state index is 0.0642. The van der Waals surface area contributed by atoms with Gasteiger partial charge in [0.2, 0.25) is 10.0 Å². The molecule has 0 bridgehead atoms. The van der Waals surface area contributed by atoms with Crippen molar-refractivity contribution >= 4 is 10.0 Å². The van der Waals surface area contributed by atoms with Gasteiger partial charge in [0, 0.05) is 19.1 Å². The molecule has 2 N–H and O–H groups in total. The lowest BCUT2D eigenvalue weighted by Gasteiger charge is -2.29. The lowest BCUT2D eigenvalue weighted by molar-refractivity contribution is 0.240. The molecule has 3 rings (SSSR count). The molecular formula is C18H28N2O3S. The van der Waals surface area contributed by atoms with E-state index in [4.69, 9.17) is 10.5 Å². The maximum atomic E-state index is 13.0. The summed E-state index contributed by atoms with van der Waals surface area (Å²) in [5.41, 5.74) is 7.06. The van der Waals surface area contributed by atoms with Crippen LogP contribution >= 0.6 is 0 Å². The third-order valence-corrected chi connectivity index (χ3v) is 7.09. The van der Waals surface area contributed by atoms with E-state index in [1.165, 1.54) is 0 Å². The lowest BCUT2D eigenvalue weighted by Crippen LogP contribution is -2.38. The Bertz CT molecular complexity index is 702. The van der Waals surface area contributed by atoms with E-state index in [-0.39, 0.29) is 12.1 Å². The van der Waals surface area contributed by atoms with Crippen molar-refractivity contribution in [2.45, 2.75) is 57.1 Å². The zero-order chi connectivity index (χ0) is 17.5. The Labute approximate surface area is 145 Å². The molecule has 0 amide bonds. The highest BCUT2D eigenvalue weighted by molar-refractivity contribution is 7.89. The van der Waals surface area contributed by atoms with Crippen LogP contribution in [0.2, 0.25) is 0 Å². The van der Waals surface area contributed by atoms with Crippen molar-refractivity contribution in [1.29, 1.82) is 0 Å². The van der Waals surface area contributed by atoms with Crippen molar-refractivity contribution in [2.24, 2.45) is 17.6 Å². The number of benzene rings is 1. The highest BCUT2D eigenvalue weighted by Crippen LogP contribution is 2.38. The van der Waals surface area contributed by atoms with E-state index in [0.717, 1.165) is 30.6 Å². The van der Waals surface area contributed by atoms with Crippen LogP contribution in [-0.2, 0) is 10.0 Å². The fourth-order valence-electron chi connectivity index (χ4n) is 3.99. The summed E-state index contributed by atoms with van der Waals surface area (Å²) < 4.78 is 33.4. The summed E-state index contributed by atoms with van der Waals surface area (Å²) in [6, 6.07) is 5.26. The second-order valence-corrected chi connectivity index (χ2v) is 9.37. The fourth-order valence-corrected chi connectivity index (χ4v) is 5.61. The van der Waals surface area contributed by atoms with Crippen LogP contribution in [0.3, 0.4) is 0 Å². The maximum Gasteiger partial charge on any atom is 0.243 e. The third-order valence-electron chi connectivity index (χ3n) is 5.27. The van der Waals surface area contributed by atoms with Gasteiger partial charge < -0.3 is 10.5 Å². The topological polar surface area (TPSA) is 72.6 Å².